The Kier molecular flexibility index (Phi) is 12.1. The number of amides is 2. The second kappa shape index (κ2) is 11.9. The Morgan fingerprint density at radius 3 is 1.41 bits per heavy atom. The van der Waals surface area contributed by atoms with Gasteiger partial charge in [0.15, 0.2) is 0 Å². The molecule has 0 aromatic rings. The van der Waals surface area contributed by atoms with Crippen LogP contribution in [0.5, 0.6) is 0 Å². The maximum atomic E-state index is 11.6. The summed E-state index contributed by atoms with van der Waals surface area (Å²) < 4.78 is 0. The van der Waals surface area contributed by atoms with Gasteiger partial charge in [0.25, 0.3) is 0 Å². The van der Waals surface area contributed by atoms with E-state index in [1.807, 2.05) is 23.5 Å². The van der Waals surface area contributed by atoms with Gasteiger partial charge in [-0.05, 0) is 23.6 Å². The summed E-state index contributed by atoms with van der Waals surface area (Å²) in [4.78, 5) is 11.6. The molecular weight excluding hydrogens is 344 g/mol. The summed E-state index contributed by atoms with van der Waals surface area (Å²) >= 11 is 3.90. The van der Waals surface area contributed by atoms with Crippen LogP contribution in [0.3, 0.4) is 0 Å². The van der Waals surface area contributed by atoms with Gasteiger partial charge in [-0.2, -0.15) is 23.5 Å². The van der Waals surface area contributed by atoms with Crippen molar-refractivity contribution in [2.75, 3.05) is 36.1 Å². The van der Waals surface area contributed by atoms with Crippen LogP contribution in [0.2, 0.25) is 51.4 Å². The number of carbonyl (C=O) groups excluding carboxylic acids is 1. The van der Waals surface area contributed by atoms with Crippen molar-refractivity contribution in [2.45, 2.75) is 51.4 Å². The molecule has 0 fully saturated rings. The van der Waals surface area contributed by atoms with E-state index in [4.69, 9.17) is 0 Å². The van der Waals surface area contributed by atoms with Gasteiger partial charge in [0.2, 0.25) is 0 Å². The molecule has 0 aliphatic carbocycles. The minimum Gasteiger partial charge on any atom is -0.337 e. The predicted molar refractivity (Wildman–Crippen MR) is 112 cm³/mol. The molecule has 7 heteroatoms. The molecule has 0 unspecified atom stereocenters. The molecular formula is C15H36N2OS2Si2. The maximum absolute atomic E-state index is 11.6. The first-order valence-electron chi connectivity index (χ1n) is 8.27. The van der Waals surface area contributed by atoms with E-state index in [1.165, 1.54) is 23.6 Å². The van der Waals surface area contributed by atoms with Gasteiger partial charge < -0.3 is 10.6 Å². The molecule has 0 aromatic carbocycles. The van der Waals surface area contributed by atoms with Crippen molar-refractivity contribution >= 4 is 45.7 Å². The van der Waals surface area contributed by atoms with Crippen LogP contribution in [0, 0.1) is 0 Å². The Hall–Kier alpha value is 0.404. The van der Waals surface area contributed by atoms with Crippen molar-refractivity contribution in [2.24, 2.45) is 0 Å². The Morgan fingerprint density at radius 1 is 0.727 bits per heavy atom. The number of rotatable bonds is 12. The van der Waals surface area contributed by atoms with Gasteiger partial charge in [-0.25, -0.2) is 4.79 Å². The van der Waals surface area contributed by atoms with Crippen LogP contribution in [-0.4, -0.2) is 58.3 Å². The molecule has 0 atom stereocenters. The third kappa shape index (κ3) is 18.5. The van der Waals surface area contributed by atoms with Crippen LogP contribution in [0.15, 0.2) is 0 Å². The zero-order chi connectivity index (χ0) is 17.1. The molecule has 2 N–H and O–H groups in total. The van der Waals surface area contributed by atoms with Crippen LogP contribution in [0.1, 0.15) is 0 Å². The van der Waals surface area contributed by atoms with Crippen molar-refractivity contribution in [1.82, 2.24) is 10.6 Å². The zero-order valence-electron chi connectivity index (χ0n) is 15.4. The van der Waals surface area contributed by atoms with Crippen molar-refractivity contribution in [3.63, 3.8) is 0 Å². The third-order valence-corrected chi connectivity index (χ3v) is 9.25. The summed E-state index contributed by atoms with van der Waals surface area (Å²) in [6, 6.07) is 2.70. The lowest BCUT2D eigenvalue weighted by molar-refractivity contribution is 0.242. The number of thioether (sulfide) groups is 2. The summed E-state index contributed by atoms with van der Waals surface area (Å²) in [6.07, 6.45) is 0. The third-order valence-electron chi connectivity index (χ3n) is 3.06. The SMILES string of the molecule is C[Si](C)(C)CCSCCNC(=O)NCCSCC[Si](C)(C)C. The molecule has 0 radical (unpaired) electrons. The highest BCUT2D eigenvalue weighted by atomic mass is 32.2. The lowest BCUT2D eigenvalue weighted by Gasteiger charge is -2.15. The Morgan fingerprint density at radius 2 is 1.09 bits per heavy atom. The molecule has 0 saturated heterocycles. The number of carbonyl (C=O) groups is 1. The monoisotopic (exact) mass is 380 g/mol. The van der Waals surface area contributed by atoms with E-state index >= 15 is 0 Å². The van der Waals surface area contributed by atoms with Gasteiger partial charge in [-0.3, -0.25) is 0 Å². The maximum Gasteiger partial charge on any atom is 0.314 e. The number of nitrogens with one attached hydrogen (secondary N) is 2. The highest BCUT2D eigenvalue weighted by Crippen LogP contribution is 2.13. The fourth-order valence-corrected chi connectivity index (χ4v) is 8.45. The Labute approximate surface area is 148 Å². The predicted octanol–water partition coefficient (Wildman–Crippen LogP) is 4.43. The molecule has 2 amide bonds. The van der Waals surface area contributed by atoms with Crippen molar-refractivity contribution in [3.05, 3.63) is 0 Å². The molecule has 0 rings (SSSR count). The van der Waals surface area contributed by atoms with Crippen LogP contribution in [0.4, 0.5) is 4.79 Å². The summed E-state index contributed by atoms with van der Waals surface area (Å²) in [5.41, 5.74) is 0. The molecule has 0 heterocycles. The summed E-state index contributed by atoms with van der Waals surface area (Å²) in [6.45, 7) is 16.0. The van der Waals surface area contributed by atoms with Gasteiger partial charge >= 0.3 is 6.03 Å². The Balaban J connectivity index is 3.33. The molecule has 22 heavy (non-hydrogen) atoms. The number of hydrogen-bond acceptors (Lipinski definition) is 3. The van der Waals surface area contributed by atoms with E-state index in [1.54, 1.807) is 0 Å². The molecule has 0 spiro atoms. The lowest BCUT2D eigenvalue weighted by atomic mass is 10.7. The van der Waals surface area contributed by atoms with E-state index in [0.717, 1.165) is 24.6 Å². The fourth-order valence-electron chi connectivity index (χ4n) is 1.50. The zero-order valence-corrected chi connectivity index (χ0v) is 19.0. The first-order valence-corrected chi connectivity index (χ1v) is 18.0. The standard InChI is InChI=1S/C15H36N2OS2Si2/c1-21(2,3)13-11-19-9-7-16-15(18)17-8-10-20-12-14-22(4,5)6/h7-14H2,1-6H3,(H2,16,17,18). The summed E-state index contributed by atoms with van der Waals surface area (Å²) in [5.74, 6) is 4.49. The van der Waals surface area contributed by atoms with Crippen molar-refractivity contribution in [3.8, 4) is 0 Å². The average molecular weight is 381 g/mol. The first-order chi connectivity index (χ1) is 10.1. The van der Waals surface area contributed by atoms with E-state index in [-0.39, 0.29) is 6.03 Å². The average Bonchev–Trinajstić information content (AvgIpc) is 2.35. The highest BCUT2D eigenvalue weighted by molar-refractivity contribution is 7.99. The fraction of sp³-hybridized carbons (Fsp3) is 0.933. The van der Waals surface area contributed by atoms with Crippen LogP contribution < -0.4 is 10.6 Å². The van der Waals surface area contributed by atoms with E-state index in [2.05, 4.69) is 49.9 Å². The van der Waals surface area contributed by atoms with E-state index < -0.39 is 16.1 Å². The normalized spacial score (nSPS) is 12.3. The number of hydrogen-bond donors (Lipinski definition) is 2. The second-order valence-electron chi connectivity index (χ2n) is 8.03. The molecule has 0 aromatic heterocycles. The molecule has 0 saturated carbocycles. The minimum absolute atomic E-state index is 0.0170. The van der Waals surface area contributed by atoms with Gasteiger partial charge in [0, 0.05) is 40.7 Å². The van der Waals surface area contributed by atoms with Gasteiger partial charge in [0.05, 0.1) is 0 Å². The van der Waals surface area contributed by atoms with Crippen LogP contribution in [-0.2, 0) is 0 Å². The van der Waals surface area contributed by atoms with Gasteiger partial charge in [-0.1, -0.05) is 39.3 Å². The topological polar surface area (TPSA) is 41.1 Å². The van der Waals surface area contributed by atoms with Gasteiger partial charge in [-0.15, -0.1) is 0 Å². The minimum atomic E-state index is -0.900. The summed E-state index contributed by atoms with van der Waals surface area (Å²) in [5, 5.41) is 5.87. The van der Waals surface area contributed by atoms with Crippen molar-refractivity contribution in [1.29, 1.82) is 0 Å². The second-order valence-corrected chi connectivity index (χ2v) is 21.7. The van der Waals surface area contributed by atoms with E-state index in [0.29, 0.717) is 0 Å². The molecule has 3 nitrogen and oxygen atoms in total. The molecule has 0 aliphatic rings. The van der Waals surface area contributed by atoms with E-state index in [9.17, 15) is 4.79 Å². The first kappa shape index (κ1) is 22.4. The lowest BCUT2D eigenvalue weighted by Crippen LogP contribution is -2.37. The summed E-state index contributed by atoms with van der Waals surface area (Å²) in [7, 11) is -1.80. The largest absolute Gasteiger partial charge is 0.337 e. The van der Waals surface area contributed by atoms with Gasteiger partial charge in [0.1, 0.15) is 0 Å². The molecule has 0 aliphatic heterocycles. The van der Waals surface area contributed by atoms with Crippen molar-refractivity contribution < 1.29 is 4.79 Å². The smallest absolute Gasteiger partial charge is 0.314 e. The molecule has 132 valence electrons. The van der Waals surface area contributed by atoms with Crippen LogP contribution in [0.25, 0.3) is 0 Å². The highest BCUT2D eigenvalue weighted by Gasteiger charge is 2.12. The number of urea groups is 1. The quantitative estimate of drug-likeness (QED) is 0.389. The molecule has 0 bridgehead atoms. The van der Waals surface area contributed by atoms with Crippen LogP contribution >= 0.6 is 23.5 Å². The Bertz CT molecular complexity index is 277.